The van der Waals surface area contributed by atoms with Crippen molar-refractivity contribution in [2.75, 3.05) is 18.8 Å². The van der Waals surface area contributed by atoms with Crippen molar-refractivity contribution in [2.24, 2.45) is 5.73 Å². The highest BCUT2D eigenvalue weighted by molar-refractivity contribution is 7.99. The second kappa shape index (κ2) is 15.2. The molecule has 0 amide bonds. The van der Waals surface area contributed by atoms with Crippen LogP contribution in [0, 0.1) is 17.5 Å². The quantitative estimate of drug-likeness (QED) is 0.172. The first kappa shape index (κ1) is 32.2. The number of Topliss-reactive ketones (excluding diaryl/α,β-unsaturated/α-hetero) is 1. The van der Waals surface area contributed by atoms with Crippen molar-refractivity contribution in [3.8, 4) is 0 Å². The molecule has 1 saturated heterocycles. The number of halogens is 4. The fraction of sp³-hybridized carbons (Fsp3) is 0.294. The van der Waals surface area contributed by atoms with Crippen molar-refractivity contribution in [2.45, 2.75) is 48.3 Å². The Kier molecular flexibility index (Phi) is 11.1. The van der Waals surface area contributed by atoms with Crippen LogP contribution in [0.2, 0.25) is 5.02 Å². The highest BCUT2D eigenvalue weighted by Gasteiger charge is 2.29. The van der Waals surface area contributed by atoms with Crippen LogP contribution in [0.3, 0.4) is 0 Å². The summed E-state index contributed by atoms with van der Waals surface area (Å²) in [6.45, 7) is 1.37. The molecule has 5 rings (SSSR count). The van der Waals surface area contributed by atoms with Crippen LogP contribution < -0.4 is 11.1 Å². The van der Waals surface area contributed by atoms with Gasteiger partial charge in [0.15, 0.2) is 5.78 Å². The molecule has 230 valence electrons. The first-order chi connectivity index (χ1) is 21.3. The van der Waals surface area contributed by atoms with Crippen LogP contribution in [-0.4, -0.2) is 47.9 Å². The Labute approximate surface area is 264 Å². The van der Waals surface area contributed by atoms with Crippen molar-refractivity contribution in [1.29, 1.82) is 0 Å². The lowest BCUT2D eigenvalue weighted by atomic mass is 9.82. The van der Waals surface area contributed by atoms with Crippen LogP contribution in [0.5, 0.6) is 0 Å². The Bertz CT molecular complexity index is 1500. The minimum absolute atomic E-state index is 0.00869. The smallest absolute Gasteiger partial charge is 0.154 e. The summed E-state index contributed by atoms with van der Waals surface area (Å²) in [5.41, 5.74) is 8.62. The number of ketones is 1. The molecule has 0 radical (unpaired) electrons. The zero-order valence-corrected chi connectivity index (χ0v) is 25.5. The summed E-state index contributed by atoms with van der Waals surface area (Å²) in [7, 11) is 0. The zero-order chi connectivity index (χ0) is 31.1. The number of morpholine rings is 1. The van der Waals surface area contributed by atoms with Crippen LogP contribution in [0.25, 0.3) is 0 Å². The van der Waals surface area contributed by atoms with Crippen molar-refractivity contribution >= 4 is 29.1 Å². The maximum Gasteiger partial charge on any atom is 0.154 e. The summed E-state index contributed by atoms with van der Waals surface area (Å²) >= 11 is 7.67. The summed E-state index contributed by atoms with van der Waals surface area (Å²) in [6.07, 6.45) is 3.29. The number of hydrogen-bond acceptors (Lipinski definition) is 6. The molecule has 5 nitrogen and oxygen atoms in total. The molecule has 1 fully saturated rings. The molecule has 0 aliphatic carbocycles. The molecule has 3 aromatic carbocycles. The normalized spacial score (nSPS) is 17.5. The summed E-state index contributed by atoms with van der Waals surface area (Å²) in [5, 5.41) is 4.10. The predicted octanol–water partition coefficient (Wildman–Crippen LogP) is 6.51. The van der Waals surface area contributed by atoms with Gasteiger partial charge in [0.1, 0.15) is 17.5 Å². The van der Waals surface area contributed by atoms with Crippen molar-refractivity contribution in [3.63, 3.8) is 0 Å². The molecule has 3 atom stereocenters. The van der Waals surface area contributed by atoms with Crippen LogP contribution in [0.15, 0.2) is 90.1 Å². The molecule has 10 heteroatoms. The SMILES string of the molecule is N[C@@H](C(=O)Cc1cncc(F)c1CC[C@@H]1CNC[C@@H](CSc2ccc(Cl)cc2)O1)C(c1ccc(F)cc1)c1ccc(F)cc1. The van der Waals surface area contributed by atoms with E-state index in [0.717, 1.165) is 23.4 Å². The first-order valence-electron chi connectivity index (χ1n) is 14.4. The van der Waals surface area contributed by atoms with E-state index in [-0.39, 0.29) is 24.4 Å². The monoisotopic (exact) mass is 639 g/mol. The zero-order valence-electron chi connectivity index (χ0n) is 23.9. The van der Waals surface area contributed by atoms with Gasteiger partial charge in [-0.15, -0.1) is 11.8 Å². The molecular weight excluding hydrogens is 607 g/mol. The van der Waals surface area contributed by atoms with Gasteiger partial charge in [0.05, 0.1) is 24.4 Å². The fourth-order valence-corrected chi connectivity index (χ4v) is 6.47. The molecule has 3 N–H and O–H groups in total. The Morgan fingerprint density at radius 3 is 2.18 bits per heavy atom. The van der Waals surface area contributed by atoms with Crippen LogP contribution in [-0.2, 0) is 22.4 Å². The average molecular weight is 640 g/mol. The number of ether oxygens (including phenoxy) is 1. The van der Waals surface area contributed by atoms with E-state index in [1.54, 1.807) is 36.0 Å². The van der Waals surface area contributed by atoms with Gasteiger partial charge in [-0.25, -0.2) is 13.2 Å². The van der Waals surface area contributed by atoms with Gasteiger partial charge in [0, 0.05) is 47.3 Å². The predicted molar refractivity (Wildman–Crippen MR) is 168 cm³/mol. The standard InChI is InChI=1S/C34H33ClF3N3O2S/c35-24-5-12-29(13-6-24)44-20-28-18-41-17-27(43-28)11-14-30-23(16-40-19-31(30)38)15-32(42)34(39)33(21-1-7-25(36)8-2-21)22-3-9-26(37)10-4-22/h1-10,12-13,16,19,27-28,33-34,41H,11,14-15,17-18,20,39H2/t27-,28+,34+/m1/s1. The Hall–Kier alpha value is -3.21. The molecule has 0 unspecified atom stereocenters. The largest absolute Gasteiger partial charge is 0.371 e. The number of nitrogens with zero attached hydrogens (tertiary/aromatic N) is 1. The Morgan fingerprint density at radius 1 is 0.932 bits per heavy atom. The lowest BCUT2D eigenvalue weighted by Gasteiger charge is -2.31. The van der Waals surface area contributed by atoms with E-state index in [1.165, 1.54) is 30.5 Å². The van der Waals surface area contributed by atoms with E-state index in [9.17, 15) is 13.6 Å². The van der Waals surface area contributed by atoms with Gasteiger partial charge in [-0.2, -0.15) is 0 Å². The molecule has 4 aromatic rings. The highest BCUT2D eigenvalue weighted by Crippen LogP contribution is 2.30. The molecule has 2 heterocycles. The molecule has 1 aliphatic heterocycles. The van der Waals surface area contributed by atoms with E-state index in [4.69, 9.17) is 22.1 Å². The molecular formula is C34H33ClF3N3O2S. The second-order valence-corrected chi connectivity index (χ2v) is 12.4. The van der Waals surface area contributed by atoms with E-state index in [1.807, 2.05) is 24.3 Å². The number of hydrogen-bond donors (Lipinski definition) is 2. The summed E-state index contributed by atoms with van der Waals surface area (Å²) < 4.78 is 48.8. The third-order valence-electron chi connectivity index (χ3n) is 7.74. The van der Waals surface area contributed by atoms with Gasteiger partial charge >= 0.3 is 0 Å². The second-order valence-electron chi connectivity index (χ2n) is 10.9. The van der Waals surface area contributed by atoms with E-state index in [2.05, 4.69) is 10.3 Å². The number of aromatic nitrogens is 1. The number of thioether (sulfide) groups is 1. The van der Waals surface area contributed by atoms with Crippen molar-refractivity contribution in [3.05, 3.63) is 130 Å². The fourth-order valence-electron chi connectivity index (χ4n) is 5.44. The average Bonchev–Trinajstić information content (AvgIpc) is 3.02. The van der Waals surface area contributed by atoms with Gasteiger partial charge in [-0.05, 0) is 83.6 Å². The third kappa shape index (κ3) is 8.49. The number of rotatable bonds is 12. The molecule has 0 saturated carbocycles. The number of benzene rings is 3. The highest BCUT2D eigenvalue weighted by atomic mass is 35.5. The number of nitrogens with two attached hydrogens (primary N) is 1. The first-order valence-corrected chi connectivity index (χ1v) is 15.8. The van der Waals surface area contributed by atoms with Gasteiger partial charge in [-0.3, -0.25) is 9.78 Å². The van der Waals surface area contributed by atoms with Crippen LogP contribution >= 0.6 is 23.4 Å². The number of nitrogens with one attached hydrogen (secondary N) is 1. The van der Waals surface area contributed by atoms with Gasteiger partial charge in [-0.1, -0.05) is 35.9 Å². The topological polar surface area (TPSA) is 77.2 Å². The molecule has 1 aliphatic rings. The number of carbonyl (C=O) groups excluding carboxylic acids is 1. The molecule has 0 bridgehead atoms. The minimum atomic E-state index is -1.05. The van der Waals surface area contributed by atoms with Crippen molar-refractivity contribution < 1.29 is 22.7 Å². The lowest BCUT2D eigenvalue weighted by molar-refractivity contribution is -0.119. The van der Waals surface area contributed by atoms with E-state index >= 15 is 4.39 Å². The summed E-state index contributed by atoms with van der Waals surface area (Å²) in [5.74, 6) is -1.58. The third-order valence-corrected chi connectivity index (χ3v) is 9.14. The maximum atomic E-state index is 15.1. The van der Waals surface area contributed by atoms with Crippen LogP contribution in [0.1, 0.15) is 34.6 Å². The van der Waals surface area contributed by atoms with Gasteiger partial charge in [0.2, 0.25) is 0 Å². The molecule has 1 aromatic heterocycles. The van der Waals surface area contributed by atoms with Gasteiger partial charge in [0.25, 0.3) is 0 Å². The van der Waals surface area contributed by atoms with Crippen LogP contribution in [0.4, 0.5) is 13.2 Å². The van der Waals surface area contributed by atoms with E-state index in [0.29, 0.717) is 46.7 Å². The van der Waals surface area contributed by atoms with Crippen molar-refractivity contribution in [1.82, 2.24) is 10.3 Å². The minimum Gasteiger partial charge on any atom is -0.371 e. The Balaban J connectivity index is 1.25. The summed E-state index contributed by atoms with van der Waals surface area (Å²) in [6, 6.07) is 18.0. The lowest BCUT2D eigenvalue weighted by Crippen LogP contribution is -2.46. The number of pyridine rings is 1. The molecule has 0 spiro atoms. The van der Waals surface area contributed by atoms with E-state index < -0.39 is 29.4 Å². The molecule has 44 heavy (non-hydrogen) atoms. The summed E-state index contributed by atoms with van der Waals surface area (Å²) in [4.78, 5) is 18.7. The Morgan fingerprint density at radius 2 is 1.55 bits per heavy atom. The number of carbonyl (C=O) groups is 1. The maximum absolute atomic E-state index is 15.1. The van der Waals surface area contributed by atoms with Gasteiger partial charge < -0.3 is 15.8 Å².